The molecule has 2 aliphatic rings. The molecular weight excluding hydrogens is 388 g/mol. The number of benzene rings is 2. The quantitative estimate of drug-likeness (QED) is 0.800. The Kier molecular flexibility index (Phi) is 6.34. The van der Waals surface area contributed by atoms with Gasteiger partial charge in [-0.05, 0) is 24.6 Å². The number of nitriles is 1. The third kappa shape index (κ3) is 4.78. The van der Waals surface area contributed by atoms with Gasteiger partial charge in [-0.15, -0.1) is 0 Å². The van der Waals surface area contributed by atoms with E-state index in [1.54, 1.807) is 0 Å². The minimum absolute atomic E-state index is 0.0137. The van der Waals surface area contributed by atoms with Crippen molar-refractivity contribution < 1.29 is 14.5 Å². The van der Waals surface area contributed by atoms with Crippen LogP contribution in [-0.2, 0) is 16.1 Å². The zero-order chi connectivity index (χ0) is 21.8. The van der Waals surface area contributed by atoms with Crippen molar-refractivity contribution in [2.24, 2.45) is 5.92 Å². The molecule has 1 N–H and O–H groups in total. The second kappa shape index (κ2) is 9.32. The van der Waals surface area contributed by atoms with Crippen molar-refractivity contribution in [1.29, 1.82) is 5.26 Å². The molecule has 0 radical (unpaired) electrons. The van der Waals surface area contributed by atoms with Crippen LogP contribution in [0.15, 0.2) is 54.6 Å². The summed E-state index contributed by atoms with van der Waals surface area (Å²) in [4.78, 5) is 30.9. The fraction of sp³-hybridized carbons (Fsp3) is 0.400. The Balaban J connectivity index is 1.29. The molecule has 2 heterocycles. The molecular formula is C25H29N4O2+. The maximum absolute atomic E-state index is 13.1. The average molecular weight is 418 g/mol. The Hall–Kier alpha value is -3.17. The fourth-order valence-corrected chi connectivity index (χ4v) is 4.65. The molecule has 0 spiro atoms. The highest BCUT2D eigenvalue weighted by Gasteiger charge is 2.39. The number of carbonyl (C=O) groups excluding carboxylic acids is 2. The van der Waals surface area contributed by atoms with E-state index in [-0.39, 0.29) is 23.8 Å². The Morgan fingerprint density at radius 2 is 1.81 bits per heavy atom. The highest BCUT2D eigenvalue weighted by atomic mass is 16.2. The van der Waals surface area contributed by atoms with Crippen molar-refractivity contribution in [1.82, 2.24) is 9.80 Å². The molecule has 6 nitrogen and oxygen atoms in total. The Morgan fingerprint density at radius 1 is 1.13 bits per heavy atom. The van der Waals surface area contributed by atoms with Gasteiger partial charge in [-0.3, -0.25) is 9.59 Å². The lowest BCUT2D eigenvalue weighted by Crippen LogP contribution is -3.13. The molecule has 2 aromatic carbocycles. The normalized spacial score (nSPS) is 20.5. The Bertz CT molecular complexity index is 959. The van der Waals surface area contributed by atoms with Gasteiger partial charge in [0.05, 0.1) is 49.8 Å². The predicted molar refractivity (Wildman–Crippen MR) is 117 cm³/mol. The van der Waals surface area contributed by atoms with Gasteiger partial charge in [-0.25, -0.2) is 0 Å². The molecule has 2 aliphatic heterocycles. The van der Waals surface area contributed by atoms with Crippen molar-refractivity contribution >= 4 is 11.8 Å². The lowest BCUT2D eigenvalue weighted by Gasteiger charge is -2.33. The van der Waals surface area contributed by atoms with Crippen LogP contribution in [0.3, 0.4) is 0 Å². The van der Waals surface area contributed by atoms with Crippen LogP contribution in [0, 0.1) is 17.2 Å². The third-order valence-electron chi connectivity index (χ3n) is 6.58. The van der Waals surface area contributed by atoms with Crippen molar-refractivity contribution in [3.63, 3.8) is 0 Å². The summed E-state index contributed by atoms with van der Waals surface area (Å²) in [6.07, 6.45) is 0.314. The first-order valence-corrected chi connectivity index (χ1v) is 11.0. The molecule has 31 heavy (non-hydrogen) atoms. The molecule has 160 valence electrons. The summed E-state index contributed by atoms with van der Waals surface area (Å²) in [6.45, 7) is 6.69. The first kappa shape index (κ1) is 21.1. The maximum Gasteiger partial charge on any atom is 0.228 e. The standard InChI is InChI=1S/C25H28N4O2/c1-19(22-5-3-2-4-6-22)29-18-23(15-24(29)30)25(31)28-13-11-27(12-14-28)17-21-9-7-20(16-26)8-10-21/h2-10,19,23H,11-15,17-18H2,1H3/p+1/t19-,23+/m0/s1. The number of hydrogen-bond acceptors (Lipinski definition) is 3. The predicted octanol–water partition coefficient (Wildman–Crippen LogP) is 1.40. The zero-order valence-corrected chi connectivity index (χ0v) is 18.0. The molecule has 2 atom stereocenters. The number of piperazine rings is 1. The van der Waals surface area contributed by atoms with E-state index < -0.39 is 0 Å². The van der Waals surface area contributed by atoms with Gasteiger partial charge in [0.15, 0.2) is 0 Å². The number of nitrogens with one attached hydrogen (secondary N) is 1. The van der Waals surface area contributed by atoms with Crippen LogP contribution in [0.5, 0.6) is 0 Å². The molecule has 0 aromatic heterocycles. The molecule has 2 saturated heterocycles. The Labute approximate surface area is 183 Å². The van der Waals surface area contributed by atoms with Gasteiger partial charge in [0.25, 0.3) is 0 Å². The van der Waals surface area contributed by atoms with E-state index in [1.807, 2.05) is 71.3 Å². The van der Waals surface area contributed by atoms with Gasteiger partial charge in [-0.2, -0.15) is 5.26 Å². The summed E-state index contributed by atoms with van der Waals surface area (Å²) in [7, 11) is 0. The van der Waals surface area contributed by atoms with Crippen molar-refractivity contribution in [3.05, 3.63) is 71.3 Å². The number of nitrogens with zero attached hydrogens (tertiary/aromatic N) is 3. The van der Waals surface area contributed by atoms with Crippen LogP contribution in [0.2, 0.25) is 0 Å². The van der Waals surface area contributed by atoms with Gasteiger partial charge in [0, 0.05) is 18.5 Å². The van der Waals surface area contributed by atoms with Gasteiger partial charge < -0.3 is 14.7 Å². The molecule has 2 amide bonds. The van der Waals surface area contributed by atoms with Gasteiger partial charge >= 0.3 is 0 Å². The first-order valence-electron chi connectivity index (χ1n) is 11.0. The second-order valence-electron chi connectivity index (χ2n) is 8.59. The molecule has 0 aliphatic carbocycles. The SMILES string of the molecule is C[C@@H](c1ccccc1)N1C[C@H](C(=O)N2CC[NH+](Cc3ccc(C#N)cc3)CC2)CC1=O. The number of likely N-dealkylation sites (tertiary alicyclic amines) is 1. The molecule has 2 aromatic rings. The van der Waals surface area contributed by atoms with Crippen LogP contribution in [0.4, 0.5) is 0 Å². The number of amides is 2. The molecule has 0 saturated carbocycles. The average Bonchev–Trinajstić information content (AvgIpc) is 3.21. The van der Waals surface area contributed by atoms with Crippen LogP contribution < -0.4 is 4.90 Å². The smallest absolute Gasteiger partial charge is 0.228 e. The van der Waals surface area contributed by atoms with E-state index in [9.17, 15) is 9.59 Å². The third-order valence-corrected chi connectivity index (χ3v) is 6.58. The van der Waals surface area contributed by atoms with Gasteiger partial charge in [-0.1, -0.05) is 42.5 Å². The first-order chi connectivity index (χ1) is 15.0. The van der Waals surface area contributed by atoms with Crippen molar-refractivity contribution in [2.45, 2.75) is 25.9 Å². The summed E-state index contributed by atoms with van der Waals surface area (Å²) in [5, 5.41) is 8.93. The van der Waals surface area contributed by atoms with Gasteiger partial charge in [0.2, 0.25) is 11.8 Å². The fourth-order valence-electron chi connectivity index (χ4n) is 4.65. The van der Waals surface area contributed by atoms with Crippen molar-refractivity contribution in [3.8, 4) is 6.07 Å². The lowest BCUT2D eigenvalue weighted by atomic mass is 10.1. The highest BCUT2D eigenvalue weighted by Crippen LogP contribution is 2.29. The summed E-state index contributed by atoms with van der Waals surface area (Å²) in [5.74, 6) is -0.0490. The second-order valence-corrected chi connectivity index (χ2v) is 8.59. The highest BCUT2D eigenvalue weighted by molar-refractivity contribution is 5.89. The summed E-state index contributed by atoms with van der Waals surface area (Å²) in [6, 6.07) is 19.9. The number of hydrogen-bond donors (Lipinski definition) is 1. The largest absolute Gasteiger partial charge is 0.335 e. The molecule has 6 heteroatoms. The summed E-state index contributed by atoms with van der Waals surface area (Å²) >= 11 is 0. The summed E-state index contributed by atoms with van der Waals surface area (Å²) < 4.78 is 0. The van der Waals surface area contributed by atoms with E-state index in [0.29, 0.717) is 18.5 Å². The lowest BCUT2D eigenvalue weighted by molar-refractivity contribution is -0.917. The van der Waals surface area contributed by atoms with E-state index in [1.165, 1.54) is 10.5 Å². The van der Waals surface area contributed by atoms with Gasteiger partial charge in [0.1, 0.15) is 6.54 Å². The van der Waals surface area contributed by atoms with Crippen molar-refractivity contribution in [2.75, 3.05) is 32.7 Å². The number of carbonyl (C=O) groups is 2. The van der Waals surface area contributed by atoms with Crippen LogP contribution in [-0.4, -0.2) is 54.3 Å². The minimum atomic E-state index is -0.237. The molecule has 0 bridgehead atoms. The topological polar surface area (TPSA) is 68.8 Å². The van der Waals surface area contributed by atoms with E-state index in [0.717, 1.165) is 38.3 Å². The monoisotopic (exact) mass is 417 g/mol. The minimum Gasteiger partial charge on any atom is -0.335 e. The zero-order valence-electron chi connectivity index (χ0n) is 18.0. The molecule has 4 rings (SSSR count). The summed E-state index contributed by atoms with van der Waals surface area (Å²) in [5.41, 5.74) is 2.99. The number of quaternary nitrogens is 1. The van der Waals surface area contributed by atoms with Crippen LogP contribution in [0.1, 0.15) is 36.1 Å². The number of rotatable bonds is 5. The van der Waals surface area contributed by atoms with Crippen LogP contribution >= 0.6 is 0 Å². The molecule has 0 unspecified atom stereocenters. The van der Waals surface area contributed by atoms with E-state index in [2.05, 4.69) is 6.07 Å². The van der Waals surface area contributed by atoms with E-state index >= 15 is 0 Å². The Morgan fingerprint density at radius 3 is 2.45 bits per heavy atom. The van der Waals surface area contributed by atoms with Crippen LogP contribution in [0.25, 0.3) is 0 Å². The maximum atomic E-state index is 13.1. The van der Waals surface area contributed by atoms with E-state index in [4.69, 9.17) is 5.26 Å². The molecule has 2 fully saturated rings.